The Hall–Kier alpha value is -1.34. The fourth-order valence-electron chi connectivity index (χ4n) is 2.83. The number of urea groups is 1. The van der Waals surface area contributed by atoms with E-state index in [1.807, 2.05) is 6.92 Å². The molecule has 3 N–H and O–H groups in total. The predicted molar refractivity (Wildman–Crippen MR) is 75.0 cm³/mol. The number of carbonyl (C=O) groups is 2. The van der Waals surface area contributed by atoms with Crippen LogP contribution in [0.25, 0.3) is 0 Å². The number of hydrogen-bond donors (Lipinski definition) is 3. The van der Waals surface area contributed by atoms with Crippen LogP contribution in [0.1, 0.15) is 26.7 Å². The molecule has 120 valence electrons. The van der Waals surface area contributed by atoms with E-state index in [9.17, 15) is 14.7 Å². The summed E-state index contributed by atoms with van der Waals surface area (Å²) in [7, 11) is 0. The summed E-state index contributed by atoms with van der Waals surface area (Å²) in [6.07, 6.45) is 1.86. The molecule has 0 bridgehead atoms. The average molecular weight is 300 g/mol. The molecule has 0 radical (unpaired) electrons. The second-order valence-corrected chi connectivity index (χ2v) is 6.15. The van der Waals surface area contributed by atoms with Gasteiger partial charge in [0.1, 0.15) is 5.41 Å². The first-order chi connectivity index (χ1) is 9.93. The Morgan fingerprint density at radius 2 is 1.95 bits per heavy atom. The normalized spacial score (nSPS) is 31.6. The number of carboxylic acid groups (broad SMARTS) is 1. The van der Waals surface area contributed by atoms with Crippen molar-refractivity contribution in [3.8, 4) is 0 Å². The van der Waals surface area contributed by atoms with Crippen molar-refractivity contribution in [3.63, 3.8) is 0 Å². The Morgan fingerprint density at radius 3 is 2.57 bits per heavy atom. The molecule has 2 fully saturated rings. The van der Waals surface area contributed by atoms with Gasteiger partial charge in [0.05, 0.1) is 19.3 Å². The summed E-state index contributed by atoms with van der Waals surface area (Å²) in [5, 5.41) is 14.9. The molecular formula is C14H24N2O5. The maximum Gasteiger partial charge on any atom is 0.315 e. The zero-order valence-corrected chi connectivity index (χ0v) is 12.6. The fraction of sp³-hybridized carbons (Fsp3) is 0.857. The molecule has 2 aliphatic rings. The third-order valence-corrected chi connectivity index (χ3v) is 4.58. The first kappa shape index (κ1) is 16.0. The molecule has 21 heavy (non-hydrogen) atoms. The molecule has 2 rings (SSSR count). The van der Waals surface area contributed by atoms with Gasteiger partial charge in [0.25, 0.3) is 0 Å². The highest BCUT2D eigenvalue weighted by Crippen LogP contribution is 2.28. The van der Waals surface area contributed by atoms with Crippen LogP contribution < -0.4 is 10.6 Å². The quantitative estimate of drug-likeness (QED) is 0.706. The van der Waals surface area contributed by atoms with Crippen molar-refractivity contribution in [2.24, 2.45) is 11.3 Å². The molecule has 2 heterocycles. The second-order valence-electron chi connectivity index (χ2n) is 6.15. The van der Waals surface area contributed by atoms with E-state index < -0.39 is 17.4 Å². The molecule has 7 heteroatoms. The van der Waals surface area contributed by atoms with Crippen LogP contribution in [0.4, 0.5) is 4.79 Å². The van der Waals surface area contributed by atoms with Gasteiger partial charge in [-0.3, -0.25) is 4.79 Å². The van der Waals surface area contributed by atoms with Crippen LogP contribution in [0.2, 0.25) is 0 Å². The molecule has 2 aliphatic heterocycles. The average Bonchev–Trinajstić information content (AvgIpc) is 2.82. The van der Waals surface area contributed by atoms with Crippen molar-refractivity contribution in [1.29, 1.82) is 0 Å². The number of hydrogen-bond acceptors (Lipinski definition) is 4. The molecule has 0 aromatic heterocycles. The minimum Gasteiger partial charge on any atom is -0.481 e. The Bertz CT molecular complexity index is 397. The van der Waals surface area contributed by atoms with E-state index >= 15 is 0 Å². The lowest BCUT2D eigenvalue weighted by atomic mass is 9.85. The minimum atomic E-state index is -1.07. The van der Waals surface area contributed by atoms with E-state index in [0.29, 0.717) is 5.92 Å². The van der Waals surface area contributed by atoms with Gasteiger partial charge in [-0.1, -0.05) is 0 Å². The number of carboxylic acids is 1. The second kappa shape index (κ2) is 6.62. The number of amides is 2. The summed E-state index contributed by atoms with van der Waals surface area (Å²) in [5.74, 6) is -0.557. The third-order valence-electron chi connectivity index (χ3n) is 4.58. The van der Waals surface area contributed by atoms with Crippen molar-refractivity contribution in [1.82, 2.24) is 10.6 Å². The van der Waals surface area contributed by atoms with Gasteiger partial charge in [0.2, 0.25) is 0 Å². The molecule has 2 amide bonds. The summed E-state index contributed by atoms with van der Waals surface area (Å²) >= 11 is 0. The van der Waals surface area contributed by atoms with Crippen LogP contribution in [0, 0.1) is 11.3 Å². The Balaban J connectivity index is 1.85. The molecule has 2 saturated heterocycles. The monoisotopic (exact) mass is 300 g/mol. The first-order valence-corrected chi connectivity index (χ1v) is 7.39. The van der Waals surface area contributed by atoms with Crippen LogP contribution in [0.3, 0.4) is 0 Å². The summed E-state index contributed by atoms with van der Waals surface area (Å²) in [4.78, 5) is 23.4. The highest BCUT2D eigenvalue weighted by molar-refractivity contribution is 5.79. The van der Waals surface area contributed by atoms with E-state index in [4.69, 9.17) is 9.47 Å². The number of aliphatic carboxylic acids is 1. The van der Waals surface area contributed by atoms with Crippen molar-refractivity contribution < 1.29 is 24.2 Å². The zero-order chi connectivity index (χ0) is 15.5. The van der Waals surface area contributed by atoms with Crippen LogP contribution >= 0.6 is 0 Å². The van der Waals surface area contributed by atoms with Crippen molar-refractivity contribution in [2.75, 3.05) is 26.4 Å². The standard InChI is InChI=1S/C14H24N2O5/c1-9(10-3-5-20-6-4-10)15-13(19)16-11-7-21-8-14(11,2)12(17)18/h9-11H,3-8H2,1-2H3,(H,17,18)(H2,15,16,19). The lowest BCUT2D eigenvalue weighted by Crippen LogP contribution is -2.54. The molecule has 3 atom stereocenters. The summed E-state index contributed by atoms with van der Waals surface area (Å²) in [6, 6.07) is -0.818. The van der Waals surface area contributed by atoms with Crippen LogP contribution in [0.15, 0.2) is 0 Å². The van der Waals surface area contributed by atoms with Gasteiger partial charge in [-0.2, -0.15) is 0 Å². The van der Waals surface area contributed by atoms with E-state index in [1.165, 1.54) is 0 Å². The van der Waals surface area contributed by atoms with Gasteiger partial charge in [0.15, 0.2) is 0 Å². The topological polar surface area (TPSA) is 96.9 Å². The summed E-state index contributed by atoms with van der Waals surface area (Å²) in [6.45, 7) is 5.36. The Labute approximate surface area is 124 Å². The largest absolute Gasteiger partial charge is 0.481 e. The molecule has 7 nitrogen and oxygen atoms in total. The molecule has 0 aliphatic carbocycles. The van der Waals surface area contributed by atoms with Crippen molar-refractivity contribution in [3.05, 3.63) is 0 Å². The van der Waals surface area contributed by atoms with E-state index in [0.717, 1.165) is 26.1 Å². The van der Waals surface area contributed by atoms with E-state index in [2.05, 4.69) is 10.6 Å². The predicted octanol–water partition coefficient (Wildman–Crippen LogP) is 0.590. The molecule has 3 unspecified atom stereocenters. The van der Waals surface area contributed by atoms with Crippen LogP contribution in [-0.4, -0.2) is 55.6 Å². The molecule has 0 aromatic carbocycles. The van der Waals surface area contributed by atoms with Gasteiger partial charge in [-0.05, 0) is 32.6 Å². The van der Waals surface area contributed by atoms with Gasteiger partial charge < -0.3 is 25.2 Å². The van der Waals surface area contributed by atoms with Crippen LogP contribution in [0.5, 0.6) is 0 Å². The minimum absolute atomic E-state index is 0.0345. The van der Waals surface area contributed by atoms with E-state index in [-0.39, 0.29) is 25.3 Å². The molecule has 0 aromatic rings. The Morgan fingerprint density at radius 1 is 1.29 bits per heavy atom. The number of ether oxygens (including phenoxy) is 2. The number of rotatable bonds is 4. The number of nitrogens with one attached hydrogen (secondary N) is 2. The molecule has 0 saturated carbocycles. The summed E-state index contributed by atoms with van der Waals surface area (Å²) in [5.41, 5.74) is -1.07. The van der Waals surface area contributed by atoms with Crippen molar-refractivity contribution in [2.45, 2.75) is 38.8 Å². The highest BCUT2D eigenvalue weighted by Gasteiger charge is 2.47. The summed E-state index contributed by atoms with van der Waals surface area (Å²) < 4.78 is 10.5. The highest BCUT2D eigenvalue weighted by atomic mass is 16.5. The zero-order valence-electron chi connectivity index (χ0n) is 12.6. The first-order valence-electron chi connectivity index (χ1n) is 7.39. The fourth-order valence-corrected chi connectivity index (χ4v) is 2.83. The molecular weight excluding hydrogens is 276 g/mol. The SMILES string of the molecule is CC(NC(=O)NC1COCC1(C)C(=O)O)C1CCOCC1. The maximum atomic E-state index is 12.1. The lowest BCUT2D eigenvalue weighted by molar-refractivity contribution is -0.148. The van der Waals surface area contributed by atoms with Gasteiger partial charge >= 0.3 is 12.0 Å². The Kier molecular flexibility index (Phi) is 5.05. The van der Waals surface area contributed by atoms with E-state index in [1.54, 1.807) is 6.92 Å². The third kappa shape index (κ3) is 3.65. The smallest absolute Gasteiger partial charge is 0.315 e. The van der Waals surface area contributed by atoms with Gasteiger partial charge in [-0.15, -0.1) is 0 Å². The van der Waals surface area contributed by atoms with Gasteiger partial charge in [-0.25, -0.2) is 4.79 Å². The van der Waals surface area contributed by atoms with Crippen molar-refractivity contribution >= 4 is 12.0 Å². The molecule has 0 spiro atoms. The van der Waals surface area contributed by atoms with Crippen LogP contribution in [-0.2, 0) is 14.3 Å². The maximum absolute atomic E-state index is 12.1. The number of carbonyl (C=O) groups excluding carboxylic acids is 1. The van der Waals surface area contributed by atoms with Gasteiger partial charge in [0, 0.05) is 19.3 Å². The lowest BCUT2D eigenvalue weighted by Gasteiger charge is -2.30.